The van der Waals surface area contributed by atoms with Crippen LogP contribution in [-0.4, -0.2) is 24.3 Å². The number of anilines is 1. The number of benzene rings is 1. The first kappa shape index (κ1) is 13.0. The van der Waals surface area contributed by atoms with Crippen LogP contribution in [0.2, 0.25) is 0 Å². The SMILES string of the molecule is CCN(CCCC(C)O)c1ccccc1C. The molecular formula is C14H23NO. The maximum Gasteiger partial charge on any atom is 0.0512 e. The molecular weight excluding hydrogens is 198 g/mol. The first-order valence-electron chi connectivity index (χ1n) is 6.13. The van der Waals surface area contributed by atoms with E-state index in [0.29, 0.717) is 0 Å². The van der Waals surface area contributed by atoms with E-state index in [-0.39, 0.29) is 6.10 Å². The standard InChI is InChI=1S/C14H23NO/c1-4-15(11-7-9-13(3)16)14-10-6-5-8-12(14)2/h5-6,8,10,13,16H,4,7,9,11H2,1-3H3. The fraction of sp³-hybridized carbons (Fsp3) is 0.571. The third-order valence-corrected chi connectivity index (χ3v) is 2.89. The molecule has 2 nitrogen and oxygen atoms in total. The molecule has 0 amide bonds. The molecule has 0 spiro atoms. The third kappa shape index (κ3) is 3.86. The molecule has 0 saturated carbocycles. The zero-order valence-corrected chi connectivity index (χ0v) is 10.6. The molecule has 2 heteroatoms. The normalized spacial score (nSPS) is 12.5. The van der Waals surface area contributed by atoms with Crippen LogP contribution in [-0.2, 0) is 0 Å². The van der Waals surface area contributed by atoms with E-state index in [0.717, 1.165) is 25.9 Å². The van der Waals surface area contributed by atoms with Crippen molar-refractivity contribution in [1.29, 1.82) is 0 Å². The predicted molar refractivity (Wildman–Crippen MR) is 70.0 cm³/mol. The molecule has 0 bridgehead atoms. The molecule has 0 aliphatic rings. The summed E-state index contributed by atoms with van der Waals surface area (Å²) in [6.45, 7) is 8.21. The van der Waals surface area contributed by atoms with Crippen molar-refractivity contribution in [2.24, 2.45) is 0 Å². The van der Waals surface area contributed by atoms with Crippen LogP contribution in [0.5, 0.6) is 0 Å². The van der Waals surface area contributed by atoms with Gasteiger partial charge in [0, 0.05) is 18.8 Å². The number of rotatable bonds is 6. The molecule has 0 aromatic heterocycles. The summed E-state index contributed by atoms with van der Waals surface area (Å²) in [4.78, 5) is 2.37. The van der Waals surface area contributed by atoms with Gasteiger partial charge in [0.2, 0.25) is 0 Å². The van der Waals surface area contributed by atoms with Crippen molar-refractivity contribution in [1.82, 2.24) is 0 Å². The predicted octanol–water partition coefficient (Wildman–Crippen LogP) is 2.98. The van der Waals surface area contributed by atoms with E-state index >= 15 is 0 Å². The number of aryl methyl sites for hydroxylation is 1. The van der Waals surface area contributed by atoms with Crippen molar-refractivity contribution in [3.8, 4) is 0 Å². The fourth-order valence-electron chi connectivity index (χ4n) is 1.94. The largest absolute Gasteiger partial charge is 0.393 e. The van der Waals surface area contributed by atoms with E-state index in [2.05, 4.69) is 43.0 Å². The molecule has 0 aliphatic heterocycles. The lowest BCUT2D eigenvalue weighted by Crippen LogP contribution is -2.25. The number of para-hydroxylation sites is 1. The number of aliphatic hydroxyl groups is 1. The Morgan fingerprint density at radius 3 is 2.56 bits per heavy atom. The Labute approximate surface area is 98.9 Å². The molecule has 1 unspecified atom stereocenters. The molecule has 1 aromatic rings. The van der Waals surface area contributed by atoms with Crippen LogP contribution in [0.3, 0.4) is 0 Å². The second-order valence-electron chi connectivity index (χ2n) is 4.36. The highest BCUT2D eigenvalue weighted by molar-refractivity contribution is 5.52. The van der Waals surface area contributed by atoms with Crippen LogP contribution in [0.15, 0.2) is 24.3 Å². The second-order valence-corrected chi connectivity index (χ2v) is 4.36. The van der Waals surface area contributed by atoms with Gasteiger partial charge in [0.15, 0.2) is 0 Å². The molecule has 1 rings (SSSR count). The Hall–Kier alpha value is -1.02. The van der Waals surface area contributed by atoms with Gasteiger partial charge in [-0.1, -0.05) is 18.2 Å². The highest BCUT2D eigenvalue weighted by atomic mass is 16.3. The lowest BCUT2D eigenvalue weighted by atomic mass is 10.1. The number of hydrogen-bond acceptors (Lipinski definition) is 2. The Morgan fingerprint density at radius 1 is 1.31 bits per heavy atom. The van der Waals surface area contributed by atoms with Gasteiger partial charge in [0.1, 0.15) is 0 Å². The van der Waals surface area contributed by atoms with Crippen LogP contribution >= 0.6 is 0 Å². The lowest BCUT2D eigenvalue weighted by Gasteiger charge is -2.25. The minimum atomic E-state index is -0.185. The monoisotopic (exact) mass is 221 g/mol. The van der Waals surface area contributed by atoms with E-state index in [9.17, 15) is 5.11 Å². The summed E-state index contributed by atoms with van der Waals surface area (Å²) in [6, 6.07) is 8.47. The van der Waals surface area contributed by atoms with Gasteiger partial charge < -0.3 is 10.0 Å². The van der Waals surface area contributed by atoms with Crippen LogP contribution in [0.4, 0.5) is 5.69 Å². The fourth-order valence-corrected chi connectivity index (χ4v) is 1.94. The quantitative estimate of drug-likeness (QED) is 0.798. The minimum Gasteiger partial charge on any atom is -0.393 e. The first-order chi connectivity index (χ1) is 7.65. The molecule has 1 N–H and O–H groups in total. The third-order valence-electron chi connectivity index (χ3n) is 2.89. The van der Waals surface area contributed by atoms with Crippen molar-refractivity contribution >= 4 is 5.69 Å². The van der Waals surface area contributed by atoms with E-state index in [4.69, 9.17) is 0 Å². The summed E-state index contributed by atoms with van der Waals surface area (Å²) in [7, 11) is 0. The summed E-state index contributed by atoms with van der Waals surface area (Å²) < 4.78 is 0. The maximum atomic E-state index is 9.24. The average Bonchev–Trinajstić information content (AvgIpc) is 2.25. The molecule has 0 heterocycles. The topological polar surface area (TPSA) is 23.5 Å². The summed E-state index contributed by atoms with van der Waals surface area (Å²) >= 11 is 0. The Balaban J connectivity index is 2.57. The van der Waals surface area contributed by atoms with Crippen molar-refractivity contribution in [2.75, 3.05) is 18.0 Å². The average molecular weight is 221 g/mol. The first-order valence-corrected chi connectivity index (χ1v) is 6.13. The van der Waals surface area contributed by atoms with Crippen LogP contribution < -0.4 is 4.90 Å². The lowest BCUT2D eigenvalue weighted by molar-refractivity contribution is 0.182. The Kier molecular flexibility index (Phi) is 5.33. The molecule has 0 aliphatic carbocycles. The van der Waals surface area contributed by atoms with Gasteiger partial charge in [-0.2, -0.15) is 0 Å². The van der Waals surface area contributed by atoms with Crippen LogP contribution in [0.25, 0.3) is 0 Å². The molecule has 0 saturated heterocycles. The summed E-state index contributed by atoms with van der Waals surface area (Å²) in [6.07, 6.45) is 1.73. The number of nitrogens with zero attached hydrogens (tertiary/aromatic N) is 1. The van der Waals surface area contributed by atoms with Crippen LogP contribution in [0, 0.1) is 6.92 Å². The molecule has 1 aromatic carbocycles. The zero-order chi connectivity index (χ0) is 12.0. The van der Waals surface area contributed by atoms with Gasteiger partial charge in [-0.25, -0.2) is 0 Å². The Bertz CT molecular complexity index is 309. The summed E-state index contributed by atoms with van der Waals surface area (Å²) in [5, 5.41) is 9.24. The van der Waals surface area contributed by atoms with E-state index < -0.39 is 0 Å². The highest BCUT2D eigenvalue weighted by Crippen LogP contribution is 2.19. The maximum absolute atomic E-state index is 9.24. The van der Waals surface area contributed by atoms with E-state index in [1.54, 1.807) is 0 Å². The highest BCUT2D eigenvalue weighted by Gasteiger charge is 2.06. The van der Waals surface area contributed by atoms with E-state index in [1.165, 1.54) is 11.3 Å². The molecule has 1 atom stereocenters. The van der Waals surface area contributed by atoms with Crippen molar-refractivity contribution in [3.63, 3.8) is 0 Å². The molecule has 0 radical (unpaired) electrons. The Morgan fingerprint density at radius 2 is 2.00 bits per heavy atom. The summed E-state index contributed by atoms with van der Waals surface area (Å²) in [5.41, 5.74) is 2.64. The zero-order valence-electron chi connectivity index (χ0n) is 10.6. The van der Waals surface area contributed by atoms with Gasteiger partial charge >= 0.3 is 0 Å². The van der Waals surface area contributed by atoms with Gasteiger partial charge in [-0.15, -0.1) is 0 Å². The number of hydrogen-bond donors (Lipinski definition) is 1. The smallest absolute Gasteiger partial charge is 0.0512 e. The van der Waals surface area contributed by atoms with Crippen molar-refractivity contribution in [2.45, 2.75) is 39.7 Å². The second kappa shape index (κ2) is 6.54. The van der Waals surface area contributed by atoms with Gasteiger partial charge in [-0.05, 0) is 45.2 Å². The molecule has 90 valence electrons. The van der Waals surface area contributed by atoms with Crippen molar-refractivity contribution in [3.05, 3.63) is 29.8 Å². The molecule has 16 heavy (non-hydrogen) atoms. The van der Waals surface area contributed by atoms with Crippen LogP contribution in [0.1, 0.15) is 32.3 Å². The minimum absolute atomic E-state index is 0.185. The number of aliphatic hydroxyl groups excluding tert-OH is 1. The van der Waals surface area contributed by atoms with Crippen molar-refractivity contribution < 1.29 is 5.11 Å². The molecule has 0 fully saturated rings. The van der Waals surface area contributed by atoms with Gasteiger partial charge in [0.25, 0.3) is 0 Å². The van der Waals surface area contributed by atoms with E-state index in [1.807, 2.05) is 6.92 Å². The summed E-state index contributed by atoms with van der Waals surface area (Å²) in [5.74, 6) is 0. The van der Waals surface area contributed by atoms with Gasteiger partial charge in [-0.3, -0.25) is 0 Å². The van der Waals surface area contributed by atoms with Gasteiger partial charge in [0.05, 0.1) is 6.10 Å².